The highest BCUT2D eigenvalue weighted by Gasteiger charge is 2.19. The minimum atomic E-state index is -0.151. The number of carbonyl (C=O) groups excluding carboxylic acids is 1. The molecular weight excluding hydrogens is 438 g/mol. The first-order valence-electron chi connectivity index (χ1n) is 10.4. The fourth-order valence-corrected chi connectivity index (χ4v) is 3.39. The highest BCUT2D eigenvalue weighted by molar-refractivity contribution is 5.95. The van der Waals surface area contributed by atoms with Gasteiger partial charge >= 0.3 is 5.82 Å². The van der Waals surface area contributed by atoms with Crippen LogP contribution in [0.2, 0.25) is 0 Å². The first-order valence-corrected chi connectivity index (χ1v) is 10.4. The number of terminal acetylenes is 1. The average Bonchev–Trinajstić information content (AvgIpc) is 3.23. The molecule has 0 unspecified atom stereocenters. The summed E-state index contributed by atoms with van der Waals surface area (Å²) in [4.78, 5) is 20.9. The molecule has 0 saturated heterocycles. The van der Waals surface area contributed by atoms with Gasteiger partial charge in [0.1, 0.15) is 18.6 Å². The van der Waals surface area contributed by atoms with E-state index in [1.165, 1.54) is 6.33 Å². The third-order valence-corrected chi connectivity index (χ3v) is 5.36. The van der Waals surface area contributed by atoms with Gasteiger partial charge in [-0.15, -0.1) is 11.5 Å². The van der Waals surface area contributed by atoms with Gasteiger partial charge in [-0.05, 0) is 54.4 Å². The van der Waals surface area contributed by atoms with Crippen molar-refractivity contribution < 1.29 is 12.2 Å². The predicted octanol–water partition coefficient (Wildman–Crippen LogP) is 4.29. The van der Waals surface area contributed by atoms with E-state index in [2.05, 4.69) is 36.7 Å². The SMILES string of the molecule is C.C.C#Cc1ccc(C)c(CNC(=O)c2cccc(NCc3[nH]nc(-c4ccncn4)[n+]3C)c2)c1.[HH].[HH]. The van der Waals surface area contributed by atoms with Crippen LogP contribution in [0.3, 0.4) is 0 Å². The molecule has 0 spiro atoms. The summed E-state index contributed by atoms with van der Waals surface area (Å²) >= 11 is 0. The lowest BCUT2D eigenvalue weighted by Gasteiger charge is -2.10. The Morgan fingerprint density at radius 3 is 2.74 bits per heavy atom. The molecule has 3 N–H and O–H groups in total. The normalized spacial score (nSPS) is 9.86. The van der Waals surface area contributed by atoms with E-state index in [-0.39, 0.29) is 23.6 Å². The second-order valence-corrected chi connectivity index (χ2v) is 7.55. The number of nitrogens with one attached hydrogen (secondary N) is 3. The van der Waals surface area contributed by atoms with Crippen molar-refractivity contribution >= 4 is 11.6 Å². The van der Waals surface area contributed by atoms with Crippen LogP contribution in [0, 0.1) is 19.3 Å². The maximum Gasteiger partial charge on any atom is 0.327 e. The summed E-state index contributed by atoms with van der Waals surface area (Å²) in [7, 11) is 1.92. The molecule has 8 heteroatoms. The van der Waals surface area contributed by atoms with Gasteiger partial charge in [0.2, 0.25) is 0 Å². The number of H-pyrrole nitrogens is 1. The van der Waals surface area contributed by atoms with Crippen molar-refractivity contribution in [1.29, 1.82) is 0 Å². The molecule has 184 valence electrons. The summed E-state index contributed by atoms with van der Waals surface area (Å²) in [6.45, 7) is 2.91. The maximum absolute atomic E-state index is 12.7. The van der Waals surface area contributed by atoms with Crippen LogP contribution in [0.4, 0.5) is 5.69 Å². The topological polar surface area (TPSA) is 99.5 Å². The summed E-state index contributed by atoms with van der Waals surface area (Å²) in [6.07, 6.45) is 8.66. The molecule has 0 aliphatic heterocycles. The van der Waals surface area contributed by atoms with Gasteiger partial charge in [0.25, 0.3) is 11.7 Å². The van der Waals surface area contributed by atoms with Gasteiger partial charge in [-0.25, -0.2) is 14.5 Å². The van der Waals surface area contributed by atoms with Crippen molar-refractivity contribution in [3.63, 3.8) is 0 Å². The maximum atomic E-state index is 12.7. The van der Waals surface area contributed by atoms with Gasteiger partial charge in [-0.1, -0.05) is 32.9 Å². The molecule has 2 aromatic carbocycles. The quantitative estimate of drug-likeness (QED) is 0.274. The van der Waals surface area contributed by atoms with Gasteiger partial charge < -0.3 is 10.6 Å². The largest absolute Gasteiger partial charge is 0.375 e. The van der Waals surface area contributed by atoms with Crippen molar-refractivity contribution in [1.82, 2.24) is 25.5 Å². The number of aryl methyl sites for hydroxylation is 1. The van der Waals surface area contributed by atoms with E-state index in [9.17, 15) is 4.79 Å². The molecule has 0 radical (unpaired) electrons. The molecular formula is C27H36N7O+. The van der Waals surface area contributed by atoms with E-state index in [4.69, 9.17) is 6.42 Å². The molecule has 35 heavy (non-hydrogen) atoms. The second-order valence-electron chi connectivity index (χ2n) is 7.55. The molecule has 0 aliphatic carbocycles. The number of anilines is 1. The molecule has 0 aliphatic rings. The third-order valence-electron chi connectivity index (χ3n) is 5.36. The number of nitrogens with zero attached hydrogens (tertiary/aromatic N) is 4. The van der Waals surface area contributed by atoms with E-state index in [1.807, 2.05) is 54.9 Å². The summed E-state index contributed by atoms with van der Waals surface area (Å²) in [5.74, 6) is 4.05. The smallest absolute Gasteiger partial charge is 0.327 e. The van der Waals surface area contributed by atoms with Crippen LogP contribution in [-0.4, -0.2) is 26.1 Å². The zero-order chi connectivity index (χ0) is 23.2. The Hall–Kier alpha value is -4.51. The molecule has 1 amide bonds. The van der Waals surface area contributed by atoms with Crippen molar-refractivity contribution in [3.8, 4) is 23.9 Å². The van der Waals surface area contributed by atoms with E-state index in [0.29, 0.717) is 24.5 Å². The van der Waals surface area contributed by atoms with Crippen molar-refractivity contribution in [3.05, 3.63) is 89.1 Å². The highest BCUT2D eigenvalue weighted by atomic mass is 16.1. The van der Waals surface area contributed by atoms with Gasteiger partial charge in [-0.2, -0.15) is 0 Å². The van der Waals surface area contributed by atoms with Crippen LogP contribution in [0.15, 0.2) is 61.1 Å². The number of aromatic amines is 1. The fraction of sp³-hybridized carbons (Fsp3) is 0.222. The minimum absolute atomic E-state index is 0. The van der Waals surface area contributed by atoms with Gasteiger partial charge in [0.05, 0.1) is 7.05 Å². The van der Waals surface area contributed by atoms with Gasteiger partial charge in [0, 0.05) is 37.5 Å². The molecule has 8 nitrogen and oxygen atoms in total. The molecule has 4 aromatic rings. The van der Waals surface area contributed by atoms with Gasteiger partial charge in [0.15, 0.2) is 0 Å². The zero-order valence-corrected chi connectivity index (χ0v) is 18.5. The first kappa shape index (κ1) is 26.7. The predicted molar refractivity (Wildman–Crippen MR) is 143 cm³/mol. The highest BCUT2D eigenvalue weighted by Crippen LogP contribution is 2.14. The Bertz CT molecular complexity index is 1330. The monoisotopic (exact) mass is 474 g/mol. The molecule has 2 heterocycles. The van der Waals surface area contributed by atoms with Crippen LogP contribution in [0.25, 0.3) is 11.5 Å². The molecule has 0 saturated carbocycles. The van der Waals surface area contributed by atoms with Crippen LogP contribution in [0.5, 0.6) is 0 Å². The lowest BCUT2D eigenvalue weighted by Crippen LogP contribution is -2.35. The Balaban J connectivity index is 0.00000324. The number of benzene rings is 2. The molecule has 0 bridgehead atoms. The Kier molecular flexibility index (Phi) is 9.24. The van der Waals surface area contributed by atoms with Crippen molar-refractivity contribution in [2.75, 3.05) is 5.32 Å². The molecule has 0 fully saturated rings. The summed E-state index contributed by atoms with van der Waals surface area (Å²) < 4.78 is 1.93. The van der Waals surface area contributed by atoms with E-state index >= 15 is 0 Å². The molecule has 2 aromatic heterocycles. The summed E-state index contributed by atoms with van der Waals surface area (Å²) in [5, 5.41) is 13.7. The Labute approximate surface area is 209 Å². The number of carbonyl (C=O) groups is 1. The summed E-state index contributed by atoms with van der Waals surface area (Å²) in [6, 6.07) is 15.0. The minimum Gasteiger partial charge on any atom is -0.375 e. The number of aromatic nitrogens is 5. The first-order chi connectivity index (χ1) is 16.0. The Morgan fingerprint density at radius 2 is 2.00 bits per heavy atom. The molecule has 4 rings (SSSR count). The third kappa shape index (κ3) is 6.30. The van der Waals surface area contributed by atoms with Crippen LogP contribution >= 0.6 is 0 Å². The number of amides is 1. The van der Waals surface area contributed by atoms with Crippen LogP contribution < -0.4 is 15.2 Å². The van der Waals surface area contributed by atoms with Crippen LogP contribution in [0.1, 0.15) is 50.6 Å². The Morgan fingerprint density at radius 1 is 1.17 bits per heavy atom. The fourth-order valence-electron chi connectivity index (χ4n) is 3.39. The number of hydrogen-bond donors (Lipinski definition) is 3. The second kappa shape index (κ2) is 12.1. The number of rotatable bonds is 7. The van der Waals surface area contributed by atoms with E-state index < -0.39 is 0 Å². The lowest BCUT2D eigenvalue weighted by atomic mass is 10.1. The lowest BCUT2D eigenvalue weighted by molar-refractivity contribution is -0.668. The number of hydrogen-bond acceptors (Lipinski definition) is 5. The van der Waals surface area contributed by atoms with E-state index in [0.717, 1.165) is 33.9 Å². The standard InChI is InChI=1S/C25H23N7O.2CH4.2H2/c1-4-18-9-8-17(2)20(12-18)14-28-25(33)19-6-5-7-21(13-19)27-15-23-30-31-24(32(23)3)22-10-11-26-16-29-22;;;;/h1,5-13,16,27H,14-15H2,2-3H3,(H,28,33);2*1H4;2*1H/p+1. The average molecular weight is 475 g/mol. The molecule has 0 atom stereocenters. The van der Waals surface area contributed by atoms with Crippen molar-refractivity contribution in [2.45, 2.75) is 34.9 Å². The van der Waals surface area contributed by atoms with Gasteiger partial charge in [-0.3, -0.25) is 4.79 Å². The van der Waals surface area contributed by atoms with Crippen LogP contribution in [-0.2, 0) is 20.1 Å². The van der Waals surface area contributed by atoms with Crippen molar-refractivity contribution in [2.24, 2.45) is 7.05 Å². The van der Waals surface area contributed by atoms with E-state index in [1.54, 1.807) is 18.3 Å². The summed E-state index contributed by atoms with van der Waals surface area (Å²) in [5.41, 5.74) is 5.01. The zero-order valence-electron chi connectivity index (χ0n) is 18.5.